The molecule has 0 unspecified atom stereocenters. The molecule has 5 nitrogen and oxygen atoms in total. The molecule has 2 aliphatic rings. The van der Waals surface area contributed by atoms with Crippen molar-refractivity contribution in [3.05, 3.63) is 0 Å². The Hall–Kier alpha value is -1.10. The van der Waals surface area contributed by atoms with Crippen LogP contribution in [0.25, 0.3) is 0 Å². The monoisotopic (exact) mass is 198 g/mol. The number of nitrogens with two attached hydrogens (primary N) is 1. The van der Waals surface area contributed by atoms with Crippen LogP contribution in [0.5, 0.6) is 0 Å². The van der Waals surface area contributed by atoms with Crippen molar-refractivity contribution in [2.24, 2.45) is 5.73 Å². The minimum absolute atomic E-state index is 0.178. The molecule has 2 fully saturated rings. The number of nitrogens with zero attached hydrogens (tertiary/aromatic N) is 1. The summed E-state index contributed by atoms with van der Waals surface area (Å²) in [7, 11) is 0. The maximum Gasteiger partial charge on any atom is 0.326 e. The lowest BCUT2D eigenvalue weighted by Crippen LogP contribution is -2.49. The lowest BCUT2D eigenvalue weighted by atomic mass is 10.2. The molecule has 5 heteroatoms. The molecule has 0 bridgehead atoms. The second-order valence-corrected chi connectivity index (χ2v) is 4.15. The van der Waals surface area contributed by atoms with Gasteiger partial charge in [0.25, 0.3) is 0 Å². The third-order valence-electron chi connectivity index (χ3n) is 3.01. The first-order valence-corrected chi connectivity index (χ1v) is 4.87. The number of carboxylic acids is 1. The van der Waals surface area contributed by atoms with E-state index in [-0.39, 0.29) is 5.91 Å². The van der Waals surface area contributed by atoms with Crippen molar-refractivity contribution in [1.82, 2.24) is 4.90 Å². The van der Waals surface area contributed by atoms with Crippen LogP contribution in [-0.4, -0.2) is 40.0 Å². The smallest absolute Gasteiger partial charge is 0.326 e. The van der Waals surface area contributed by atoms with Gasteiger partial charge in [-0.15, -0.1) is 0 Å². The van der Waals surface area contributed by atoms with Gasteiger partial charge in [-0.2, -0.15) is 0 Å². The molecule has 14 heavy (non-hydrogen) atoms. The summed E-state index contributed by atoms with van der Waals surface area (Å²) >= 11 is 0. The van der Waals surface area contributed by atoms with E-state index < -0.39 is 17.6 Å². The summed E-state index contributed by atoms with van der Waals surface area (Å²) in [6.07, 6.45) is 2.69. The van der Waals surface area contributed by atoms with Crippen LogP contribution in [0.4, 0.5) is 0 Å². The van der Waals surface area contributed by atoms with Crippen molar-refractivity contribution in [2.45, 2.75) is 37.3 Å². The molecule has 1 saturated heterocycles. The number of hydrogen-bond acceptors (Lipinski definition) is 3. The van der Waals surface area contributed by atoms with Crippen molar-refractivity contribution in [3.8, 4) is 0 Å². The van der Waals surface area contributed by atoms with E-state index in [2.05, 4.69) is 0 Å². The molecule has 1 heterocycles. The van der Waals surface area contributed by atoms with E-state index in [4.69, 9.17) is 10.8 Å². The van der Waals surface area contributed by atoms with Crippen LogP contribution in [0, 0.1) is 0 Å². The van der Waals surface area contributed by atoms with Crippen LogP contribution in [0.3, 0.4) is 0 Å². The summed E-state index contributed by atoms with van der Waals surface area (Å²) in [5, 5.41) is 8.88. The van der Waals surface area contributed by atoms with E-state index >= 15 is 0 Å². The first-order chi connectivity index (χ1) is 6.54. The van der Waals surface area contributed by atoms with Gasteiger partial charge in [-0.1, -0.05) is 0 Å². The van der Waals surface area contributed by atoms with Gasteiger partial charge in [-0.25, -0.2) is 4.79 Å². The molecule has 0 radical (unpaired) electrons. The van der Waals surface area contributed by atoms with E-state index in [0.717, 1.165) is 6.42 Å². The summed E-state index contributed by atoms with van der Waals surface area (Å²) in [5.74, 6) is -1.09. The minimum atomic E-state index is -0.917. The predicted molar refractivity (Wildman–Crippen MR) is 48.5 cm³/mol. The number of amides is 1. The Kier molecular flexibility index (Phi) is 1.99. The molecular weight excluding hydrogens is 184 g/mol. The fourth-order valence-corrected chi connectivity index (χ4v) is 1.90. The van der Waals surface area contributed by atoms with Crippen LogP contribution in [0.15, 0.2) is 0 Å². The molecule has 1 amide bonds. The Morgan fingerprint density at radius 1 is 1.43 bits per heavy atom. The van der Waals surface area contributed by atoms with Crippen LogP contribution in [0.2, 0.25) is 0 Å². The highest BCUT2D eigenvalue weighted by Crippen LogP contribution is 2.36. The zero-order chi connectivity index (χ0) is 10.3. The normalized spacial score (nSPS) is 28.9. The summed E-state index contributed by atoms with van der Waals surface area (Å²) in [4.78, 5) is 24.0. The Morgan fingerprint density at radius 3 is 2.57 bits per heavy atom. The van der Waals surface area contributed by atoms with E-state index in [9.17, 15) is 9.59 Å². The summed E-state index contributed by atoms with van der Waals surface area (Å²) in [6, 6.07) is -0.650. The molecular formula is C9H14N2O3. The van der Waals surface area contributed by atoms with Crippen molar-refractivity contribution < 1.29 is 14.7 Å². The van der Waals surface area contributed by atoms with Gasteiger partial charge in [0.05, 0.1) is 5.54 Å². The number of aliphatic carboxylic acids is 1. The molecule has 0 aromatic heterocycles. The number of carbonyl (C=O) groups excluding carboxylic acids is 1. The van der Waals surface area contributed by atoms with Crippen molar-refractivity contribution in [2.75, 3.05) is 6.54 Å². The average Bonchev–Trinajstić information content (AvgIpc) is 2.69. The number of carboxylic acid groups (broad SMARTS) is 1. The highest BCUT2D eigenvalue weighted by Gasteiger charge is 2.51. The van der Waals surface area contributed by atoms with Gasteiger partial charge < -0.3 is 15.7 Å². The topological polar surface area (TPSA) is 83.6 Å². The minimum Gasteiger partial charge on any atom is -0.480 e. The fourth-order valence-electron chi connectivity index (χ4n) is 1.90. The largest absolute Gasteiger partial charge is 0.480 e. The molecule has 78 valence electrons. The maximum absolute atomic E-state index is 11.8. The SMILES string of the molecule is NC1(C(=O)N2CCC[C@@H]2C(=O)O)CC1. The van der Waals surface area contributed by atoms with Gasteiger partial charge in [-0.05, 0) is 25.7 Å². The lowest BCUT2D eigenvalue weighted by Gasteiger charge is -2.24. The van der Waals surface area contributed by atoms with Crippen molar-refractivity contribution >= 4 is 11.9 Å². The number of rotatable bonds is 2. The van der Waals surface area contributed by atoms with E-state index in [0.29, 0.717) is 25.8 Å². The van der Waals surface area contributed by atoms with Crippen molar-refractivity contribution in [3.63, 3.8) is 0 Å². The molecule has 1 aliphatic heterocycles. The van der Waals surface area contributed by atoms with Crippen LogP contribution >= 0.6 is 0 Å². The Balaban J connectivity index is 2.09. The van der Waals surface area contributed by atoms with Crippen LogP contribution in [-0.2, 0) is 9.59 Å². The van der Waals surface area contributed by atoms with E-state index in [1.165, 1.54) is 4.90 Å². The third-order valence-corrected chi connectivity index (χ3v) is 3.01. The molecule has 0 spiro atoms. The van der Waals surface area contributed by atoms with Gasteiger partial charge >= 0.3 is 5.97 Å². The second kappa shape index (κ2) is 2.95. The maximum atomic E-state index is 11.8. The number of likely N-dealkylation sites (tertiary alicyclic amines) is 1. The van der Waals surface area contributed by atoms with Crippen molar-refractivity contribution in [1.29, 1.82) is 0 Å². The highest BCUT2D eigenvalue weighted by molar-refractivity contribution is 5.92. The summed E-state index contributed by atoms with van der Waals surface area (Å²) < 4.78 is 0. The number of hydrogen-bond donors (Lipinski definition) is 2. The molecule has 0 aromatic carbocycles. The van der Waals surface area contributed by atoms with E-state index in [1.807, 2.05) is 0 Å². The average molecular weight is 198 g/mol. The Morgan fingerprint density at radius 2 is 2.07 bits per heavy atom. The van der Waals surface area contributed by atoms with Gasteiger partial charge in [0.2, 0.25) is 5.91 Å². The highest BCUT2D eigenvalue weighted by atomic mass is 16.4. The summed E-state index contributed by atoms with van der Waals surface area (Å²) in [6.45, 7) is 0.536. The second-order valence-electron chi connectivity index (χ2n) is 4.15. The predicted octanol–water partition coefficient (Wildman–Crippen LogP) is -0.447. The molecule has 0 aromatic rings. The standard InChI is InChI=1S/C9H14N2O3/c10-9(3-4-9)8(14)11-5-1-2-6(11)7(12)13/h6H,1-5,10H2,(H,12,13)/t6-/m1/s1. The molecule has 2 rings (SSSR count). The lowest BCUT2D eigenvalue weighted by molar-refractivity contribution is -0.149. The first kappa shape index (κ1) is 9.45. The molecule has 1 atom stereocenters. The van der Waals surface area contributed by atoms with E-state index in [1.54, 1.807) is 0 Å². The zero-order valence-electron chi connectivity index (χ0n) is 7.90. The molecule has 1 saturated carbocycles. The van der Waals surface area contributed by atoms with Gasteiger partial charge in [0.1, 0.15) is 6.04 Å². The van der Waals surface area contributed by atoms with Gasteiger partial charge in [0.15, 0.2) is 0 Å². The Labute approximate surface area is 81.9 Å². The number of carbonyl (C=O) groups is 2. The zero-order valence-corrected chi connectivity index (χ0v) is 7.90. The van der Waals surface area contributed by atoms with Gasteiger partial charge in [0, 0.05) is 6.54 Å². The van der Waals surface area contributed by atoms with Gasteiger partial charge in [-0.3, -0.25) is 4.79 Å². The Bertz CT molecular complexity index is 286. The quantitative estimate of drug-likeness (QED) is 0.629. The van der Waals surface area contributed by atoms with Crippen LogP contribution < -0.4 is 5.73 Å². The molecule has 1 aliphatic carbocycles. The third kappa shape index (κ3) is 1.37. The fraction of sp³-hybridized carbons (Fsp3) is 0.778. The molecule has 3 N–H and O–H groups in total. The first-order valence-electron chi connectivity index (χ1n) is 4.87. The summed E-state index contributed by atoms with van der Waals surface area (Å²) in [5.41, 5.74) is 5.01. The van der Waals surface area contributed by atoms with Crippen LogP contribution in [0.1, 0.15) is 25.7 Å².